The fourth-order valence-electron chi connectivity index (χ4n) is 0. The van der Waals surface area contributed by atoms with Crippen molar-refractivity contribution in [1.82, 2.24) is 0 Å². The summed E-state index contributed by atoms with van der Waals surface area (Å²) in [5, 5.41) is 0. The van der Waals surface area contributed by atoms with E-state index in [0.717, 1.165) is 0 Å². The van der Waals surface area contributed by atoms with Gasteiger partial charge in [0.15, 0.2) is 0 Å². The molecule has 4 heavy (non-hydrogen) atoms. The number of hydrogen-bond donors (Lipinski definition) is 0. The van der Waals surface area contributed by atoms with Crippen LogP contribution in [0.1, 0.15) is 0 Å². The molecule has 0 aromatic heterocycles. The summed E-state index contributed by atoms with van der Waals surface area (Å²) in [5.74, 6) is 0. The van der Waals surface area contributed by atoms with Crippen molar-refractivity contribution in [1.29, 1.82) is 0 Å². The minimum absolute atomic E-state index is 0. The molecule has 0 aliphatic carbocycles. The Balaban J connectivity index is -0.00000000500. The van der Waals surface area contributed by atoms with Gasteiger partial charge in [-0.15, -0.1) is 0 Å². The van der Waals surface area contributed by atoms with Crippen molar-refractivity contribution >= 4 is 108 Å². The zero-order valence-electron chi connectivity index (χ0n) is 1.58. The SMILES string of the molecule is [CaH2].[KH].[SiH3]P. The summed E-state index contributed by atoms with van der Waals surface area (Å²) in [4.78, 5) is 0. The van der Waals surface area contributed by atoms with Gasteiger partial charge in [0.05, 0.1) is 0 Å². The Bertz CT molecular complexity index is 8.00. The first-order chi connectivity index (χ1) is 1.00. The summed E-state index contributed by atoms with van der Waals surface area (Å²) in [6.07, 6.45) is 0. The molecule has 0 rings (SSSR count). The molecule has 0 radical (unpaired) electrons. The molecule has 0 heterocycles. The molecule has 1 unspecified atom stereocenters. The number of rotatable bonds is 0. The molecule has 0 aromatic rings. The maximum atomic E-state index is 2.56. The van der Waals surface area contributed by atoms with Gasteiger partial charge in [-0.05, 0) is 0 Å². The van der Waals surface area contributed by atoms with E-state index in [1.54, 1.807) is 0 Å². The summed E-state index contributed by atoms with van der Waals surface area (Å²) in [6.45, 7) is 0. The summed E-state index contributed by atoms with van der Waals surface area (Å²) in [6, 6.07) is 0. The van der Waals surface area contributed by atoms with E-state index in [9.17, 15) is 0 Å². The minimum Gasteiger partial charge on any atom is -0.159 e. The first-order valence-electron chi connectivity index (χ1n) is 0.577. The molecule has 0 saturated heterocycles. The molecular formula is H8CaKPSi. The second-order valence-corrected chi connectivity index (χ2v) is 0. The van der Waals surface area contributed by atoms with Gasteiger partial charge in [0, 0.05) is 9.91 Å². The van der Waals surface area contributed by atoms with Gasteiger partial charge in [-0.1, -0.05) is 0 Å². The van der Waals surface area contributed by atoms with E-state index in [4.69, 9.17) is 0 Å². The third-order valence-corrected chi connectivity index (χ3v) is 0. The van der Waals surface area contributed by atoms with Gasteiger partial charge >= 0.3 is 89.1 Å². The molecule has 0 aromatic carbocycles. The summed E-state index contributed by atoms with van der Waals surface area (Å²) in [5.41, 5.74) is 0. The van der Waals surface area contributed by atoms with Crippen LogP contribution in [-0.2, 0) is 0 Å². The molecule has 0 spiro atoms. The molecule has 0 fully saturated rings. The standard InChI is InChI=1S/Ca.K.H5PSi.3H/c;;1-2;;;/h;;1H2,2H3;;;. The molecule has 1 atom stereocenters. The van der Waals surface area contributed by atoms with Gasteiger partial charge in [-0.25, -0.2) is 0 Å². The van der Waals surface area contributed by atoms with E-state index < -0.39 is 0 Å². The van der Waals surface area contributed by atoms with Crippen LogP contribution in [-0.4, -0.2) is 99.0 Å². The van der Waals surface area contributed by atoms with Gasteiger partial charge in [0.25, 0.3) is 0 Å². The predicted molar refractivity (Wildman–Crippen MR) is 35.3 cm³/mol. The Morgan fingerprint density at radius 1 is 1.25 bits per heavy atom. The first-order valence-corrected chi connectivity index (χ1v) is 5.20. The average Bonchev–Trinajstić information content (AvgIpc) is 1.00. The van der Waals surface area contributed by atoms with Crippen molar-refractivity contribution in [2.75, 3.05) is 0 Å². The van der Waals surface area contributed by atoms with Crippen LogP contribution in [0, 0.1) is 0 Å². The Kier molecular flexibility index (Phi) is 62.6. The Morgan fingerprint density at radius 3 is 1.25 bits per heavy atom. The second kappa shape index (κ2) is 16.0. The van der Waals surface area contributed by atoms with Crippen molar-refractivity contribution in [3.05, 3.63) is 0 Å². The molecule has 0 nitrogen and oxygen atoms in total. The van der Waals surface area contributed by atoms with Crippen LogP contribution in [0.4, 0.5) is 0 Å². The van der Waals surface area contributed by atoms with Crippen molar-refractivity contribution < 1.29 is 0 Å². The monoisotopic (exact) mass is 146 g/mol. The molecule has 0 aliphatic heterocycles. The molecular weight excluding hydrogens is 138 g/mol. The minimum atomic E-state index is 0. The molecule has 0 aliphatic rings. The Morgan fingerprint density at radius 2 is 1.25 bits per heavy atom. The Labute approximate surface area is 105 Å². The summed E-state index contributed by atoms with van der Waals surface area (Å²) >= 11 is 0. The molecule has 0 N–H and O–H groups in total. The molecule has 4 heteroatoms. The topological polar surface area (TPSA) is 0 Å². The van der Waals surface area contributed by atoms with Crippen LogP contribution in [0.15, 0.2) is 0 Å². The average molecular weight is 146 g/mol. The van der Waals surface area contributed by atoms with Crippen LogP contribution in [0.5, 0.6) is 0 Å². The summed E-state index contributed by atoms with van der Waals surface area (Å²) in [7, 11) is 3.78. The first kappa shape index (κ1) is 15.6. The van der Waals surface area contributed by atoms with Crippen molar-refractivity contribution in [3.8, 4) is 0 Å². The van der Waals surface area contributed by atoms with Crippen molar-refractivity contribution in [3.63, 3.8) is 0 Å². The summed E-state index contributed by atoms with van der Waals surface area (Å²) < 4.78 is 0. The second-order valence-electron chi connectivity index (χ2n) is 0. The molecule has 0 bridgehead atoms. The quantitative estimate of drug-likeness (QED) is 0.263. The fraction of sp³-hybridized carbons (Fsp3) is 0. The largest absolute Gasteiger partial charge is 0.159 e. The third-order valence-electron chi connectivity index (χ3n) is 0. The van der Waals surface area contributed by atoms with E-state index >= 15 is 0 Å². The predicted octanol–water partition coefficient (Wildman–Crippen LogP) is -2.42. The zero-order valence-corrected chi connectivity index (χ0v) is 4.73. The Hall–Kier alpha value is 3.54. The van der Waals surface area contributed by atoms with Crippen LogP contribution >= 0.6 is 8.79 Å². The van der Waals surface area contributed by atoms with Gasteiger partial charge in [0.1, 0.15) is 0 Å². The van der Waals surface area contributed by atoms with Crippen LogP contribution < -0.4 is 0 Å². The van der Waals surface area contributed by atoms with E-state index in [1.165, 1.54) is 9.91 Å². The van der Waals surface area contributed by atoms with Crippen molar-refractivity contribution in [2.24, 2.45) is 0 Å². The van der Waals surface area contributed by atoms with Crippen LogP contribution in [0.2, 0.25) is 0 Å². The molecule has 0 saturated carbocycles. The zero-order chi connectivity index (χ0) is 2.00. The van der Waals surface area contributed by atoms with Gasteiger partial charge in [-0.2, -0.15) is 8.79 Å². The van der Waals surface area contributed by atoms with E-state index in [0.29, 0.717) is 0 Å². The van der Waals surface area contributed by atoms with Crippen LogP contribution in [0.25, 0.3) is 0 Å². The van der Waals surface area contributed by atoms with Gasteiger partial charge in [-0.3, -0.25) is 0 Å². The number of hydrogen-bond acceptors (Lipinski definition) is 0. The maximum absolute atomic E-state index is 2.56. The van der Waals surface area contributed by atoms with E-state index in [-0.39, 0.29) is 89.1 Å². The van der Waals surface area contributed by atoms with Crippen LogP contribution in [0.3, 0.4) is 0 Å². The maximum Gasteiger partial charge on any atom is 0.0252 e. The van der Waals surface area contributed by atoms with E-state index in [2.05, 4.69) is 8.79 Å². The van der Waals surface area contributed by atoms with E-state index in [1.807, 2.05) is 0 Å². The van der Waals surface area contributed by atoms with Crippen molar-refractivity contribution in [2.45, 2.75) is 0 Å². The fourth-order valence-corrected chi connectivity index (χ4v) is 0. The van der Waals surface area contributed by atoms with Gasteiger partial charge < -0.3 is 0 Å². The third kappa shape index (κ3) is 9.11. The molecule has 0 amide bonds. The van der Waals surface area contributed by atoms with Gasteiger partial charge in [0.2, 0.25) is 0 Å². The normalized spacial score (nSPS) is 2.25. The molecule has 20 valence electrons. The smallest absolute Gasteiger partial charge is 0.0252 e.